The summed E-state index contributed by atoms with van der Waals surface area (Å²) >= 11 is 0. The van der Waals surface area contributed by atoms with Crippen LogP contribution in [0.1, 0.15) is 165 Å². The summed E-state index contributed by atoms with van der Waals surface area (Å²) in [6, 6.07) is 5.00. The van der Waals surface area contributed by atoms with Gasteiger partial charge in [-0.15, -0.1) is 0 Å². The molecule has 1 aromatic carbocycles. The van der Waals surface area contributed by atoms with Gasteiger partial charge in [0, 0.05) is 0 Å². The minimum absolute atomic E-state index is 0.984. The van der Waals surface area contributed by atoms with Crippen LogP contribution in [-0.2, 0) is 12.8 Å². The maximum Gasteiger partial charge on any atom is -0.0274 e. The molecule has 36 heavy (non-hydrogen) atoms. The van der Waals surface area contributed by atoms with Crippen molar-refractivity contribution in [1.82, 2.24) is 0 Å². The average Bonchev–Trinajstić information content (AvgIpc) is 2.90. The highest BCUT2D eigenvalue weighted by Crippen LogP contribution is 2.36. The van der Waals surface area contributed by atoms with Crippen LogP contribution in [0.3, 0.4) is 0 Å². The van der Waals surface area contributed by atoms with E-state index in [1.807, 2.05) is 0 Å². The maximum absolute atomic E-state index is 2.50. The molecule has 0 aliphatic heterocycles. The summed E-state index contributed by atoms with van der Waals surface area (Å²) in [6.45, 7) is 9.48. The van der Waals surface area contributed by atoms with E-state index in [2.05, 4.69) is 39.8 Å². The molecule has 0 heterocycles. The molecule has 2 fully saturated rings. The van der Waals surface area contributed by atoms with Crippen molar-refractivity contribution in [3.63, 3.8) is 0 Å². The van der Waals surface area contributed by atoms with Crippen molar-refractivity contribution in [3.8, 4) is 0 Å². The second-order valence-corrected chi connectivity index (χ2v) is 13.2. The Morgan fingerprint density at radius 1 is 0.472 bits per heavy atom. The number of hydrogen-bond acceptors (Lipinski definition) is 0. The fourth-order valence-electron chi connectivity index (χ4n) is 7.61. The first kappa shape index (κ1) is 29.8. The van der Waals surface area contributed by atoms with Gasteiger partial charge in [-0.2, -0.15) is 0 Å². The van der Waals surface area contributed by atoms with Crippen LogP contribution in [-0.4, -0.2) is 0 Å². The fraction of sp³-hybridized carbons (Fsp3) is 0.833. The van der Waals surface area contributed by atoms with Crippen LogP contribution in [0.2, 0.25) is 0 Å². The van der Waals surface area contributed by atoms with Gasteiger partial charge in [0.2, 0.25) is 0 Å². The molecule has 0 aromatic heterocycles. The number of aryl methyl sites for hydroxylation is 2. The normalized spacial score (nSPS) is 24.8. The van der Waals surface area contributed by atoms with Crippen molar-refractivity contribution >= 4 is 0 Å². The topological polar surface area (TPSA) is 0 Å². The minimum Gasteiger partial charge on any atom is -0.0654 e. The van der Waals surface area contributed by atoms with Crippen LogP contribution in [0.5, 0.6) is 0 Å². The number of unbranched alkanes of at least 4 members (excludes halogenated alkanes) is 6. The number of rotatable bonds is 16. The standard InChI is InChI=1S/C36H62/c1-5-7-8-9-10-11-12-14-32-17-21-34(22-18-32)24-26-36-28-27-35(29(3)30(36)4)25-23-33-19-15-31(13-6-2)16-20-33/h27-28,31-34H,5-26H2,1-4H3/t31-,32-,33-,34-. The van der Waals surface area contributed by atoms with Gasteiger partial charge >= 0.3 is 0 Å². The SMILES string of the molecule is CCCCCCCCC[C@H]1CC[C@H](CCc2ccc(CC[C@H]3CC[C@H](CCC)CC3)c(C)c2C)CC1. The molecule has 2 aliphatic carbocycles. The van der Waals surface area contributed by atoms with Gasteiger partial charge in [-0.05, 0) is 85.5 Å². The van der Waals surface area contributed by atoms with Crippen LogP contribution in [0, 0.1) is 37.5 Å². The van der Waals surface area contributed by atoms with Crippen LogP contribution in [0.25, 0.3) is 0 Å². The van der Waals surface area contributed by atoms with E-state index in [1.54, 1.807) is 22.3 Å². The van der Waals surface area contributed by atoms with E-state index < -0.39 is 0 Å². The van der Waals surface area contributed by atoms with E-state index in [0.29, 0.717) is 0 Å². The first-order valence-electron chi connectivity index (χ1n) is 16.7. The molecule has 0 amide bonds. The van der Waals surface area contributed by atoms with Gasteiger partial charge in [0.1, 0.15) is 0 Å². The highest BCUT2D eigenvalue weighted by molar-refractivity contribution is 5.39. The monoisotopic (exact) mass is 494 g/mol. The Labute approximate surface area is 226 Å². The highest BCUT2D eigenvalue weighted by atomic mass is 14.3. The van der Waals surface area contributed by atoms with Crippen LogP contribution in [0.15, 0.2) is 12.1 Å². The molecule has 0 heteroatoms. The molecule has 0 spiro atoms. The Morgan fingerprint density at radius 2 is 0.861 bits per heavy atom. The molecular formula is C36H62. The van der Waals surface area contributed by atoms with E-state index in [-0.39, 0.29) is 0 Å². The molecule has 206 valence electrons. The highest BCUT2D eigenvalue weighted by Gasteiger charge is 2.22. The molecule has 0 radical (unpaired) electrons. The van der Waals surface area contributed by atoms with Crippen LogP contribution in [0.4, 0.5) is 0 Å². The average molecular weight is 495 g/mol. The predicted octanol–water partition coefficient (Wildman–Crippen LogP) is 11.7. The molecule has 3 rings (SSSR count). The first-order valence-corrected chi connectivity index (χ1v) is 16.7. The summed E-state index contributed by atoms with van der Waals surface area (Å²) in [4.78, 5) is 0. The molecule has 1 aromatic rings. The molecular weight excluding hydrogens is 432 g/mol. The van der Waals surface area contributed by atoms with Gasteiger partial charge < -0.3 is 0 Å². The van der Waals surface area contributed by atoms with Gasteiger partial charge in [0.15, 0.2) is 0 Å². The molecule has 0 nitrogen and oxygen atoms in total. The molecule has 0 unspecified atom stereocenters. The van der Waals surface area contributed by atoms with Crippen LogP contribution < -0.4 is 0 Å². The third kappa shape index (κ3) is 10.2. The zero-order valence-electron chi connectivity index (χ0n) is 25.0. The lowest BCUT2D eigenvalue weighted by molar-refractivity contribution is 0.248. The Kier molecular flexibility index (Phi) is 14.0. The Hall–Kier alpha value is -0.780. The van der Waals surface area contributed by atoms with Crippen molar-refractivity contribution < 1.29 is 0 Å². The Balaban J connectivity index is 1.31. The number of benzene rings is 1. The fourth-order valence-corrected chi connectivity index (χ4v) is 7.61. The third-order valence-corrected chi connectivity index (χ3v) is 10.5. The van der Waals surface area contributed by atoms with E-state index >= 15 is 0 Å². The van der Waals surface area contributed by atoms with Gasteiger partial charge in [-0.25, -0.2) is 0 Å². The van der Waals surface area contributed by atoms with Gasteiger partial charge in [0.25, 0.3) is 0 Å². The van der Waals surface area contributed by atoms with E-state index in [4.69, 9.17) is 0 Å². The largest absolute Gasteiger partial charge is 0.0654 e. The summed E-state index contributed by atoms with van der Waals surface area (Å²) in [7, 11) is 0. The maximum atomic E-state index is 2.50. The Bertz CT molecular complexity index is 699. The second-order valence-electron chi connectivity index (χ2n) is 13.2. The van der Waals surface area contributed by atoms with Gasteiger partial charge in [-0.1, -0.05) is 142 Å². The van der Waals surface area contributed by atoms with E-state index in [1.165, 1.54) is 141 Å². The summed E-state index contributed by atoms with van der Waals surface area (Å²) < 4.78 is 0. The summed E-state index contributed by atoms with van der Waals surface area (Å²) in [5.74, 6) is 4.05. The van der Waals surface area contributed by atoms with Gasteiger partial charge in [-0.3, -0.25) is 0 Å². The molecule has 0 atom stereocenters. The lowest BCUT2D eigenvalue weighted by Gasteiger charge is -2.29. The smallest absolute Gasteiger partial charge is 0.0274 e. The summed E-state index contributed by atoms with van der Waals surface area (Å²) in [6.07, 6.45) is 32.0. The third-order valence-electron chi connectivity index (χ3n) is 10.5. The van der Waals surface area contributed by atoms with Crippen molar-refractivity contribution in [2.45, 2.75) is 169 Å². The zero-order valence-corrected chi connectivity index (χ0v) is 25.0. The van der Waals surface area contributed by atoms with E-state index in [0.717, 1.165) is 23.7 Å². The second kappa shape index (κ2) is 16.9. The molecule has 0 saturated heterocycles. The van der Waals surface area contributed by atoms with Crippen molar-refractivity contribution in [3.05, 3.63) is 34.4 Å². The van der Waals surface area contributed by atoms with Gasteiger partial charge in [0.05, 0.1) is 0 Å². The lowest BCUT2D eigenvalue weighted by Crippen LogP contribution is -2.16. The summed E-state index contributed by atoms with van der Waals surface area (Å²) in [5.41, 5.74) is 6.48. The molecule has 2 saturated carbocycles. The molecule has 0 bridgehead atoms. The Morgan fingerprint density at radius 3 is 1.31 bits per heavy atom. The van der Waals surface area contributed by atoms with Crippen molar-refractivity contribution in [2.75, 3.05) is 0 Å². The first-order chi connectivity index (χ1) is 17.6. The van der Waals surface area contributed by atoms with Crippen molar-refractivity contribution in [1.29, 1.82) is 0 Å². The molecule has 0 N–H and O–H groups in total. The van der Waals surface area contributed by atoms with Crippen molar-refractivity contribution in [2.24, 2.45) is 23.7 Å². The number of hydrogen-bond donors (Lipinski definition) is 0. The van der Waals surface area contributed by atoms with Crippen LogP contribution >= 0.6 is 0 Å². The van der Waals surface area contributed by atoms with E-state index in [9.17, 15) is 0 Å². The zero-order chi connectivity index (χ0) is 25.6. The minimum atomic E-state index is 0.984. The quantitative estimate of drug-likeness (QED) is 0.200. The lowest BCUT2D eigenvalue weighted by atomic mass is 9.77. The molecule has 2 aliphatic rings. The summed E-state index contributed by atoms with van der Waals surface area (Å²) in [5, 5.41) is 0. The predicted molar refractivity (Wildman–Crippen MR) is 161 cm³/mol.